The first-order valence-corrected chi connectivity index (χ1v) is 7.62. The van der Waals surface area contributed by atoms with Crippen LogP contribution in [0.15, 0.2) is 36.5 Å². The monoisotopic (exact) mass is 357 g/mol. The first kappa shape index (κ1) is 16.8. The van der Waals surface area contributed by atoms with Crippen LogP contribution in [0, 0.1) is 17.1 Å². The normalized spacial score (nSPS) is 10.4. The van der Waals surface area contributed by atoms with Crippen molar-refractivity contribution in [1.29, 1.82) is 5.26 Å². The zero-order valence-electron chi connectivity index (χ0n) is 13.4. The number of ether oxygens (including phenoxy) is 2. The van der Waals surface area contributed by atoms with Crippen LogP contribution in [0.4, 0.5) is 15.8 Å². The summed E-state index contributed by atoms with van der Waals surface area (Å²) in [5.41, 5.74) is 1.30. The van der Waals surface area contributed by atoms with E-state index in [1.165, 1.54) is 32.5 Å². The van der Waals surface area contributed by atoms with Crippen LogP contribution < -0.4 is 14.8 Å². The number of anilines is 2. The van der Waals surface area contributed by atoms with E-state index in [-0.39, 0.29) is 16.3 Å². The van der Waals surface area contributed by atoms with Crippen LogP contribution in [0.3, 0.4) is 0 Å². The maximum atomic E-state index is 14.2. The van der Waals surface area contributed by atoms with Gasteiger partial charge in [0.1, 0.15) is 28.9 Å². The molecule has 0 aliphatic rings. The van der Waals surface area contributed by atoms with Crippen molar-refractivity contribution in [2.24, 2.45) is 0 Å². The molecule has 1 heterocycles. The van der Waals surface area contributed by atoms with Crippen LogP contribution >= 0.6 is 11.6 Å². The van der Waals surface area contributed by atoms with Crippen molar-refractivity contribution in [2.75, 3.05) is 19.5 Å². The number of rotatable bonds is 4. The van der Waals surface area contributed by atoms with Gasteiger partial charge in [-0.2, -0.15) is 5.26 Å². The van der Waals surface area contributed by atoms with Crippen molar-refractivity contribution in [3.8, 4) is 17.6 Å². The van der Waals surface area contributed by atoms with Gasteiger partial charge in [-0.25, -0.2) is 4.39 Å². The molecule has 25 heavy (non-hydrogen) atoms. The molecule has 0 atom stereocenters. The zero-order chi connectivity index (χ0) is 18.0. The Morgan fingerprint density at radius 3 is 2.52 bits per heavy atom. The fraction of sp³-hybridized carbons (Fsp3) is 0.111. The molecule has 0 fully saturated rings. The molecule has 1 N–H and O–H groups in total. The van der Waals surface area contributed by atoms with Crippen LogP contribution in [0.25, 0.3) is 10.9 Å². The van der Waals surface area contributed by atoms with Gasteiger partial charge < -0.3 is 14.8 Å². The predicted molar refractivity (Wildman–Crippen MR) is 94.3 cm³/mol. The maximum absolute atomic E-state index is 14.2. The Morgan fingerprint density at radius 1 is 1.16 bits per heavy atom. The van der Waals surface area contributed by atoms with Crippen LogP contribution in [0.2, 0.25) is 5.02 Å². The van der Waals surface area contributed by atoms with Crippen LogP contribution in [-0.2, 0) is 0 Å². The topological polar surface area (TPSA) is 67.2 Å². The molecule has 1 aromatic heterocycles. The van der Waals surface area contributed by atoms with E-state index >= 15 is 0 Å². The van der Waals surface area contributed by atoms with E-state index in [2.05, 4.69) is 16.4 Å². The van der Waals surface area contributed by atoms with E-state index in [1.54, 1.807) is 18.2 Å². The van der Waals surface area contributed by atoms with E-state index < -0.39 is 5.82 Å². The molecule has 3 aromatic rings. The fourth-order valence-electron chi connectivity index (χ4n) is 2.53. The highest BCUT2D eigenvalue weighted by Crippen LogP contribution is 2.39. The summed E-state index contributed by atoms with van der Waals surface area (Å²) >= 11 is 5.79. The number of nitrogens with one attached hydrogen (secondary N) is 1. The minimum absolute atomic E-state index is 0.179. The number of hydrogen-bond acceptors (Lipinski definition) is 5. The second-order valence-electron chi connectivity index (χ2n) is 5.10. The molecule has 5 nitrogen and oxygen atoms in total. The van der Waals surface area contributed by atoms with Gasteiger partial charge in [0.05, 0.1) is 36.5 Å². The number of nitriles is 1. The van der Waals surface area contributed by atoms with E-state index in [9.17, 15) is 9.65 Å². The predicted octanol–water partition coefficient (Wildman–Crippen LogP) is 4.66. The van der Waals surface area contributed by atoms with Crippen LogP contribution in [0.5, 0.6) is 11.5 Å². The maximum Gasteiger partial charge on any atom is 0.148 e. The van der Waals surface area contributed by atoms with Crippen LogP contribution in [-0.4, -0.2) is 19.2 Å². The smallest absolute Gasteiger partial charge is 0.148 e. The average Bonchev–Trinajstić information content (AvgIpc) is 2.62. The molecule has 0 amide bonds. The second kappa shape index (κ2) is 6.83. The first-order chi connectivity index (χ1) is 12.1. The molecule has 0 radical (unpaired) electrons. The van der Waals surface area contributed by atoms with Crippen molar-refractivity contribution < 1.29 is 13.9 Å². The minimum Gasteiger partial charge on any atom is -0.496 e. The number of aromatic nitrogens is 1. The third-order valence-electron chi connectivity index (χ3n) is 3.70. The highest BCUT2D eigenvalue weighted by Gasteiger charge is 2.18. The summed E-state index contributed by atoms with van der Waals surface area (Å²) in [5, 5.41) is 13.2. The fourth-order valence-corrected chi connectivity index (χ4v) is 2.69. The Balaban J connectivity index is 2.29. The molecule has 7 heteroatoms. The molecule has 2 aromatic carbocycles. The molecule has 0 aliphatic heterocycles. The SMILES string of the molecule is COc1ccc(OC)c2c(Nc3ccc(Cl)cc3F)c(C#N)cnc12. The lowest BCUT2D eigenvalue weighted by Crippen LogP contribution is -2.01. The van der Waals surface area contributed by atoms with Gasteiger partial charge in [0, 0.05) is 11.2 Å². The number of halogens is 2. The quantitative estimate of drug-likeness (QED) is 0.735. The van der Waals surface area contributed by atoms with E-state index in [0.717, 1.165) is 0 Å². The Bertz CT molecular complexity index is 1000. The van der Waals surface area contributed by atoms with E-state index in [1.807, 2.05) is 0 Å². The average molecular weight is 358 g/mol. The molecular formula is C18H13ClFN3O2. The van der Waals surface area contributed by atoms with E-state index in [4.69, 9.17) is 21.1 Å². The summed E-state index contributed by atoms with van der Waals surface area (Å²) in [4.78, 5) is 4.29. The molecular weight excluding hydrogens is 345 g/mol. The largest absolute Gasteiger partial charge is 0.496 e. The van der Waals surface area contributed by atoms with Crippen molar-refractivity contribution >= 4 is 33.9 Å². The summed E-state index contributed by atoms with van der Waals surface area (Å²) < 4.78 is 24.9. The molecule has 0 spiro atoms. The van der Waals surface area contributed by atoms with Crippen molar-refractivity contribution in [3.63, 3.8) is 0 Å². The Kier molecular flexibility index (Phi) is 4.59. The van der Waals surface area contributed by atoms with Crippen molar-refractivity contribution in [2.45, 2.75) is 0 Å². The van der Waals surface area contributed by atoms with E-state index in [0.29, 0.717) is 28.1 Å². The standard InChI is InChI=1S/C18H13ClFN3O2/c1-24-14-5-6-15(25-2)18-16(14)17(10(8-21)9-22-18)23-13-4-3-11(19)7-12(13)20/h3-7,9H,1-2H3,(H,22,23). The molecule has 126 valence electrons. The minimum atomic E-state index is -0.539. The summed E-state index contributed by atoms with van der Waals surface area (Å²) in [6.45, 7) is 0. The van der Waals surface area contributed by atoms with Gasteiger partial charge in [0.15, 0.2) is 0 Å². The van der Waals surface area contributed by atoms with Gasteiger partial charge in [-0.05, 0) is 30.3 Å². The lowest BCUT2D eigenvalue weighted by atomic mass is 10.1. The summed E-state index contributed by atoms with van der Waals surface area (Å²) in [6, 6.07) is 9.72. The highest BCUT2D eigenvalue weighted by atomic mass is 35.5. The molecule has 0 aliphatic carbocycles. The number of hydrogen-bond donors (Lipinski definition) is 1. The summed E-state index contributed by atoms with van der Waals surface area (Å²) in [6.07, 6.45) is 1.40. The third-order valence-corrected chi connectivity index (χ3v) is 3.93. The molecule has 0 bridgehead atoms. The van der Waals surface area contributed by atoms with Gasteiger partial charge >= 0.3 is 0 Å². The number of fused-ring (bicyclic) bond motifs is 1. The lowest BCUT2D eigenvalue weighted by Gasteiger charge is -2.16. The van der Waals surface area contributed by atoms with Crippen LogP contribution in [0.1, 0.15) is 5.56 Å². The number of nitrogens with zero attached hydrogens (tertiary/aromatic N) is 2. The Hall–Kier alpha value is -3.04. The Labute approximate surface area is 148 Å². The number of benzene rings is 2. The summed E-state index contributed by atoms with van der Waals surface area (Å²) in [7, 11) is 3.03. The van der Waals surface area contributed by atoms with Gasteiger partial charge in [0.2, 0.25) is 0 Å². The lowest BCUT2D eigenvalue weighted by molar-refractivity contribution is 0.410. The molecule has 0 saturated heterocycles. The summed E-state index contributed by atoms with van der Waals surface area (Å²) in [5.74, 6) is 0.459. The van der Waals surface area contributed by atoms with Crippen molar-refractivity contribution in [3.05, 3.63) is 52.9 Å². The molecule has 0 unspecified atom stereocenters. The zero-order valence-corrected chi connectivity index (χ0v) is 14.2. The first-order valence-electron chi connectivity index (χ1n) is 7.25. The van der Waals surface area contributed by atoms with Gasteiger partial charge in [-0.3, -0.25) is 4.98 Å². The van der Waals surface area contributed by atoms with Crippen molar-refractivity contribution in [1.82, 2.24) is 4.98 Å². The highest BCUT2D eigenvalue weighted by molar-refractivity contribution is 6.30. The molecule has 0 saturated carbocycles. The second-order valence-corrected chi connectivity index (χ2v) is 5.54. The van der Waals surface area contributed by atoms with Gasteiger partial charge in [-0.1, -0.05) is 11.6 Å². The van der Waals surface area contributed by atoms with Gasteiger partial charge in [-0.15, -0.1) is 0 Å². The number of methoxy groups -OCH3 is 2. The van der Waals surface area contributed by atoms with Gasteiger partial charge in [0.25, 0.3) is 0 Å². The Morgan fingerprint density at radius 2 is 1.88 bits per heavy atom. The molecule has 3 rings (SSSR count). The number of pyridine rings is 1. The third kappa shape index (κ3) is 3.02.